The van der Waals surface area contributed by atoms with Crippen LogP contribution in [0.25, 0.3) is 0 Å². The third-order valence-corrected chi connectivity index (χ3v) is 2.53. The number of hydrogen-bond donors (Lipinski definition) is 2. The van der Waals surface area contributed by atoms with Gasteiger partial charge in [0, 0.05) is 17.9 Å². The highest BCUT2D eigenvalue weighted by atomic mass is 15.3. The first-order chi connectivity index (χ1) is 7.22. The van der Waals surface area contributed by atoms with E-state index in [0.29, 0.717) is 12.5 Å². The predicted octanol–water partition coefficient (Wildman–Crippen LogP) is 1.31. The van der Waals surface area contributed by atoms with Crippen LogP contribution in [0.15, 0.2) is 23.2 Å². The monoisotopic (exact) mass is 204 g/mol. The molecule has 0 aromatic heterocycles. The van der Waals surface area contributed by atoms with Crippen LogP contribution in [0.4, 0.5) is 11.4 Å². The number of nitrogen functional groups attached to an aromatic ring is 1. The summed E-state index contributed by atoms with van der Waals surface area (Å²) in [5.41, 5.74) is 14.7. The zero-order chi connectivity index (χ0) is 10.8. The first-order valence-corrected chi connectivity index (χ1v) is 5.18. The SMILES string of the molecule is CCCN1C(N)=NCc2cc(N)ccc21. The Morgan fingerprint density at radius 3 is 2.93 bits per heavy atom. The Labute approximate surface area is 89.6 Å². The molecule has 1 heterocycles. The minimum atomic E-state index is 0.606. The van der Waals surface area contributed by atoms with E-state index in [1.807, 2.05) is 23.1 Å². The third kappa shape index (κ3) is 1.75. The van der Waals surface area contributed by atoms with Gasteiger partial charge in [-0.05, 0) is 30.2 Å². The van der Waals surface area contributed by atoms with Crippen molar-refractivity contribution in [1.29, 1.82) is 0 Å². The van der Waals surface area contributed by atoms with Gasteiger partial charge in [-0.3, -0.25) is 0 Å². The summed E-state index contributed by atoms with van der Waals surface area (Å²) in [5.74, 6) is 0.606. The zero-order valence-corrected chi connectivity index (χ0v) is 8.90. The summed E-state index contributed by atoms with van der Waals surface area (Å²) in [7, 11) is 0. The van der Waals surface area contributed by atoms with E-state index in [1.54, 1.807) is 0 Å². The van der Waals surface area contributed by atoms with Crippen molar-refractivity contribution in [2.75, 3.05) is 17.2 Å². The molecule has 0 saturated carbocycles. The molecule has 80 valence electrons. The first-order valence-electron chi connectivity index (χ1n) is 5.18. The van der Waals surface area contributed by atoms with Gasteiger partial charge < -0.3 is 16.4 Å². The molecule has 4 nitrogen and oxygen atoms in total. The van der Waals surface area contributed by atoms with Crippen molar-refractivity contribution in [1.82, 2.24) is 0 Å². The third-order valence-electron chi connectivity index (χ3n) is 2.53. The van der Waals surface area contributed by atoms with Crippen molar-refractivity contribution in [3.63, 3.8) is 0 Å². The van der Waals surface area contributed by atoms with Crippen molar-refractivity contribution < 1.29 is 0 Å². The highest BCUT2D eigenvalue weighted by molar-refractivity contribution is 5.97. The maximum absolute atomic E-state index is 5.86. The number of guanidine groups is 1. The summed E-state index contributed by atoms with van der Waals surface area (Å²) in [6, 6.07) is 5.88. The van der Waals surface area contributed by atoms with Gasteiger partial charge in [0.1, 0.15) is 0 Å². The van der Waals surface area contributed by atoms with Crippen molar-refractivity contribution in [2.45, 2.75) is 19.9 Å². The lowest BCUT2D eigenvalue weighted by Crippen LogP contribution is -2.40. The van der Waals surface area contributed by atoms with E-state index in [9.17, 15) is 0 Å². The molecule has 0 spiro atoms. The number of nitrogens with two attached hydrogens (primary N) is 2. The van der Waals surface area contributed by atoms with Gasteiger partial charge in [-0.1, -0.05) is 6.92 Å². The summed E-state index contributed by atoms with van der Waals surface area (Å²) < 4.78 is 0. The largest absolute Gasteiger partial charge is 0.399 e. The molecule has 0 amide bonds. The van der Waals surface area contributed by atoms with Crippen LogP contribution in [-0.4, -0.2) is 12.5 Å². The van der Waals surface area contributed by atoms with E-state index < -0.39 is 0 Å². The lowest BCUT2D eigenvalue weighted by Gasteiger charge is -2.29. The zero-order valence-electron chi connectivity index (χ0n) is 8.90. The summed E-state index contributed by atoms with van der Waals surface area (Å²) in [5, 5.41) is 0. The summed E-state index contributed by atoms with van der Waals surface area (Å²) in [6.07, 6.45) is 1.04. The molecule has 0 fully saturated rings. The molecule has 0 atom stereocenters. The molecule has 4 heteroatoms. The van der Waals surface area contributed by atoms with Gasteiger partial charge >= 0.3 is 0 Å². The van der Waals surface area contributed by atoms with E-state index in [1.165, 1.54) is 0 Å². The van der Waals surface area contributed by atoms with Crippen LogP contribution < -0.4 is 16.4 Å². The Morgan fingerprint density at radius 1 is 1.40 bits per heavy atom. The smallest absolute Gasteiger partial charge is 0.196 e. The van der Waals surface area contributed by atoms with Gasteiger partial charge in [-0.15, -0.1) is 0 Å². The Hall–Kier alpha value is -1.71. The van der Waals surface area contributed by atoms with Gasteiger partial charge in [0.2, 0.25) is 0 Å². The van der Waals surface area contributed by atoms with E-state index in [0.717, 1.165) is 29.9 Å². The lowest BCUT2D eigenvalue weighted by molar-refractivity contribution is 0.861. The number of benzene rings is 1. The van der Waals surface area contributed by atoms with Gasteiger partial charge in [0.05, 0.1) is 6.54 Å². The highest BCUT2D eigenvalue weighted by Gasteiger charge is 2.18. The molecular weight excluding hydrogens is 188 g/mol. The second-order valence-corrected chi connectivity index (χ2v) is 3.71. The predicted molar refractivity (Wildman–Crippen MR) is 63.8 cm³/mol. The topological polar surface area (TPSA) is 67.6 Å². The van der Waals surface area contributed by atoms with Crippen molar-refractivity contribution in [3.8, 4) is 0 Å². The minimum Gasteiger partial charge on any atom is -0.399 e. The quantitative estimate of drug-likeness (QED) is 0.714. The number of fused-ring (bicyclic) bond motifs is 1. The van der Waals surface area contributed by atoms with Crippen LogP contribution in [-0.2, 0) is 6.54 Å². The molecule has 1 aliphatic rings. The maximum atomic E-state index is 5.86. The molecular formula is C11H16N4. The van der Waals surface area contributed by atoms with Crippen LogP contribution in [0, 0.1) is 0 Å². The van der Waals surface area contributed by atoms with Crippen LogP contribution >= 0.6 is 0 Å². The molecule has 1 aliphatic heterocycles. The van der Waals surface area contributed by atoms with Crippen LogP contribution in [0.2, 0.25) is 0 Å². The van der Waals surface area contributed by atoms with Crippen molar-refractivity contribution in [2.24, 2.45) is 10.7 Å². The number of anilines is 2. The minimum absolute atomic E-state index is 0.606. The molecule has 0 saturated heterocycles. The molecule has 0 aliphatic carbocycles. The van der Waals surface area contributed by atoms with E-state index >= 15 is 0 Å². The molecule has 1 aromatic rings. The number of aliphatic imine (C=N–C) groups is 1. The van der Waals surface area contributed by atoms with Crippen LogP contribution in [0.3, 0.4) is 0 Å². The fourth-order valence-corrected chi connectivity index (χ4v) is 1.83. The summed E-state index contributed by atoms with van der Waals surface area (Å²) in [6.45, 7) is 3.65. The standard InChI is InChI=1S/C11H16N4/c1-2-5-15-10-4-3-9(12)6-8(10)7-14-11(15)13/h3-4,6H,2,5,7,12H2,1H3,(H2,13,14). The molecule has 0 bridgehead atoms. The fourth-order valence-electron chi connectivity index (χ4n) is 1.83. The fraction of sp³-hybridized carbons (Fsp3) is 0.364. The Kier molecular flexibility index (Phi) is 2.49. The molecule has 15 heavy (non-hydrogen) atoms. The average Bonchev–Trinajstić information content (AvgIpc) is 2.22. The molecule has 1 aromatic carbocycles. The number of hydrogen-bond acceptors (Lipinski definition) is 4. The molecule has 4 N–H and O–H groups in total. The number of nitrogens with zero attached hydrogens (tertiary/aromatic N) is 2. The second-order valence-electron chi connectivity index (χ2n) is 3.71. The van der Waals surface area contributed by atoms with Gasteiger partial charge in [-0.25, -0.2) is 4.99 Å². The average molecular weight is 204 g/mol. The van der Waals surface area contributed by atoms with Gasteiger partial charge in [0.25, 0.3) is 0 Å². The Balaban J connectivity index is 2.40. The molecule has 0 radical (unpaired) electrons. The first kappa shape index (κ1) is 9.83. The summed E-state index contributed by atoms with van der Waals surface area (Å²) in [4.78, 5) is 6.32. The maximum Gasteiger partial charge on any atom is 0.196 e. The normalized spacial score (nSPS) is 14.7. The van der Waals surface area contributed by atoms with Gasteiger partial charge in [0.15, 0.2) is 5.96 Å². The van der Waals surface area contributed by atoms with Crippen LogP contribution in [0.5, 0.6) is 0 Å². The lowest BCUT2D eigenvalue weighted by atomic mass is 10.1. The highest BCUT2D eigenvalue weighted by Crippen LogP contribution is 2.27. The molecule has 2 rings (SSSR count). The summed E-state index contributed by atoms with van der Waals surface area (Å²) >= 11 is 0. The van der Waals surface area contributed by atoms with Gasteiger partial charge in [-0.2, -0.15) is 0 Å². The van der Waals surface area contributed by atoms with E-state index in [4.69, 9.17) is 11.5 Å². The van der Waals surface area contributed by atoms with Crippen molar-refractivity contribution >= 4 is 17.3 Å². The second kappa shape index (κ2) is 3.81. The van der Waals surface area contributed by atoms with E-state index in [-0.39, 0.29) is 0 Å². The Bertz CT molecular complexity index is 398. The Morgan fingerprint density at radius 2 is 2.20 bits per heavy atom. The van der Waals surface area contributed by atoms with Crippen LogP contribution in [0.1, 0.15) is 18.9 Å². The molecule has 0 unspecified atom stereocenters. The number of rotatable bonds is 2. The van der Waals surface area contributed by atoms with E-state index in [2.05, 4.69) is 11.9 Å². The van der Waals surface area contributed by atoms with Crippen molar-refractivity contribution in [3.05, 3.63) is 23.8 Å².